The molecule has 0 aliphatic heterocycles. The summed E-state index contributed by atoms with van der Waals surface area (Å²) in [6.45, 7) is 7.74. The van der Waals surface area contributed by atoms with Crippen LogP contribution in [0.1, 0.15) is 52.0 Å². The summed E-state index contributed by atoms with van der Waals surface area (Å²) in [6.07, 6.45) is 0.738. The van der Waals surface area contributed by atoms with Crippen molar-refractivity contribution in [3.8, 4) is 0 Å². The maximum Gasteiger partial charge on any atom is 0.273 e. The Kier molecular flexibility index (Phi) is 5.34. The second kappa shape index (κ2) is 7.25. The SMILES string of the molecule is CC[C@H](NC(=O)c1ccc(C)c([N+](=O)[O-])c1)c1ccc(C)c(C)c1. The number of nitrogens with one attached hydrogen (secondary N) is 1. The molecule has 0 aliphatic rings. The van der Waals surface area contributed by atoms with Gasteiger partial charge in [0.15, 0.2) is 0 Å². The van der Waals surface area contributed by atoms with E-state index < -0.39 is 4.92 Å². The minimum atomic E-state index is -0.466. The molecule has 1 N–H and O–H groups in total. The lowest BCUT2D eigenvalue weighted by Gasteiger charge is -2.18. The van der Waals surface area contributed by atoms with Crippen molar-refractivity contribution < 1.29 is 9.72 Å². The highest BCUT2D eigenvalue weighted by Crippen LogP contribution is 2.22. The number of hydrogen-bond donors (Lipinski definition) is 1. The fourth-order valence-electron chi connectivity index (χ4n) is 2.59. The Labute approximate surface area is 141 Å². The van der Waals surface area contributed by atoms with Gasteiger partial charge in [-0.05, 0) is 49.9 Å². The molecule has 0 saturated heterocycles. The van der Waals surface area contributed by atoms with Gasteiger partial charge in [0.25, 0.3) is 11.6 Å². The molecule has 1 atom stereocenters. The minimum absolute atomic E-state index is 0.0399. The number of nitrogens with zero attached hydrogens (tertiary/aromatic N) is 1. The van der Waals surface area contributed by atoms with Gasteiger partial charge >= 0.3 is 0 Å². The third-order valence-electron chi connectivity index (χ3n) is 4.31. The van der Waals surface area contributed by atoms with E-state index in [1.54, 1.807) is 19.1 Å². The fourth-order valence-corrected chi connectivity index (χ4v) is 2.59. The molecule has 1 amide bonds. The van der Waals surface area contributed by atoms with Crippen LogP contribution in [0.2, 0.25) is 0 Å². The van der Waals surface area contributed by atoms with Gasteiger partial charge in [-0.25, -0.2) is 0 Å². The van der Waals surface area contributed by atoms with E-state index >= 15 is 0 Å². The van der Waals surface area contributed by atoms with Crippen LogP contribution in [0.3, 0.4) is 0 Å². The van der Waals surface area contributed by atoms with Crippen LogP contribution in [-0.4, -0.2) is 10.8 Å². The minimum Gasteiger partial charge on any atom is -0.345 e. The number of aryl methyl sites for hydroxylation is 3. The second-order valence-corrected chi connectivity index (χ2v) is 6.04. The molecule has 0 fully saturated rings. The standard InChI is InChI=1S/C19H22N2O3/c1-5-17(15-8-6-12(2)14(4)10-15)20-19(22)16-9-7-13(3)18(11-16)21(23)24/h6-11,17H,5H2,1-4H3,(H,20,22)/t17-/m0/s1. The first-order chi connectivity index (χ1) is 11.3. The van der Waals surface area contributed by atoms with Crippen molar-refractivity contribution in [2.75, 3.05) is 0 Å². The van der Waals surface area contributed by atoms with Crippen LogP contribution in [0.25, 0.3) is 0 Å². The summed E-state index contributed by atoms with van der Waals surface area (Å²) < 4.78 is 0. The van der Waals surface area contributed by atoms with E-state index in [0.717, 1.165) is 12.0 Å². The first-order valence-corrected chi connectivity index (χ1v) is 7.96. The van der Waals surface area contributed by atoms with Crippen LogP contribution in [0.15, 0.2) is 36.4 Å². The fraction of sp³-hybridized carbons (Fsp3) is 0.316. The lowest BCUT2D eigenvalue weighted by molar-refractivity contribution is -0.385. The zero-order valence-electron chi connectivity index (χ0n) is 14.4. The normalized spacial score (nSPS) is 11.8. The van der Waals surface area contributed by atoms with Crippen LogP contribution in [0.4, 0.5) is 5.69 Å². The first-order valence-electron chi connectivity index (χ1n) is 7.96. The van der Waals surface area contributed by atoms with Gasteiger partial charge in [-0.1, -0.05) is 31.2 Å². The van der Waals surface area contributed by atoms with E-state index in [-0.39, 0.29) is 17.6 Å². The number of carbonyl (C=O) groups is 1. The van der Waals surface area contributed by atoms with Crippen LogP contribution in [0.5, 0.6) is 0 Å². The second-order valence-electron chi connectivity index (χ2n) is 6.04. The molecule has 126 valence electrons. The maximum absolute atomic E-state index is 12.5. The van der Waals surface area contributed by atoms with E-state index in [0.29, 0.717) is 11.1 Å². The highest BCUT2D eigenvalue weighted by Gasteiger charge is 2.18. The smallest absolute Gasteiger partial charge is 0.273 e. The molecule has 0 aliphatic carbocycles. The predicted octanol–water partition coefficient (Wildman–Crippen LogP) is 4.40. The van der Waals surface area contributed by atoms with Gasteiger partial charge in [0, 0.05) is 17.2 Å². The largest absolute Gasteiger partial charge is 0.345 e. The first kappa shape index (κ1) is 17.7. The monoisotopic (exact) mass is 326 g/mol. The summed E-state index contributed by atoms with van der Waals surface area (Å²) in [5, 5.41) is 14.0. The lowest BCUT2D eigenvalue weighted by atomic mass is 9.99. The quantitative estimate of drug-likeness (QED) is 0.654. The number of benzene rings is 2. The Hall–Kier alpha value is -2.69. The highest BCUT2D eigenvalue weighted by atomic mass is 16.6. The van der Waals surface area contributed by atoms with E-state index in [1.807, 2.05) is 32.9 Å². The number of nitro groups is 1. The van der Waals surface area contributed by atoms with E-state index in [4.69, 9.17) is 0 Å². The Morgan fingerprint density at radius 3 is 2.33 bits per heavy atom. The number of rotatable bonds is 5. The van der Waals surface area contributed by atoms with Crippen molar-refractivity contribution in [1.29, 1.82) is 0 Å². The molecule has 0 saturated carbocycles. The molecule has 0 bridgehead atoms. The summed E-state index contributed by atoms with van der Waals surface area (Å²) in [5.41, 5.74) is 4.21. The maximum atomic E-state index is 12.5. The summed E-state index contributed by atoms with van der Waals surface area (Å²) in [6, 6.07) is 10.5. The zero-order chi connectivity index (χ0) is 17.9. The molecular weight excluding hydrogens is 304 g/mol. The molecule has 0 spiro atoms. The molecule has 5 heteroatoms. The zero-order valence-corrected chi connectivity index (χ0v) is 14.4. The van der Waals surface area contributed by atoms with Crippen LogP contribution in [-0.2, 0) is 0 Å². The van der Waals surface area contributed by atoms with Crippen molar-refractivity contribution in [3.05, 3.63) is 74.3 Å². The van der Waals surface area contributed by atoms with Gasteiger partial charge in [0.1, 0.15) is 0 Å². The molecule has 5 nitrogen and oxygen atoms in total. The number of hydrogen-bond acceptors (Lipinski definition) is 3. The molecule has 0 heterocycles. The van der Waals surface area contributed by atoms with Crippen LogP contribution >= 0.6 is 0 Å². The van der Waals surface area contributed by atoms with Crippen molar-refractivity contribution in [2.24, 2.45) is 0 Å². The lowest BCUT2D eigenvalue weighted by Crippen LogP contribution is -2.28. The summed E-state index contributed by atoms with van der Waals surface area (Å²) in [7, 11) is 0. The highest BCUT2D eigenvalue weighted by molar-refractivity contribution is 5.95. The molecule has 0 unspecified atom stereocenters. The Morgan fingerprint density at radius 2 is 1.75 bits per heavy atom. The molecule has 24 heavy (non-hydrogen) atoms. The van der Waals surface area contributed by atoms with Gasteiger partial charge in [0.05, 0.1) is 11.0 Å². The van der Waals surface area contributed by atoms with E-state index in [9.17, 15) is 14.9 Å². The van der Waals surface area contributed by atoms with E-state index in [2.05, 4.69) is 11.4 Å². The number of carbonyl (C=O) groups excluding carboxylic acids is 1. The van der Waals surface area contributed by atoms with Gasteiger partial charge in [0.2, 0.25) is 0 Å². The van der Waals surface area contributed by atoms with Crippen molar-refractivity contribution in [3.63, 3.8) is 0 Å². The van der Waals surface area contributed by atoms with Gasteiger partial charge in [-0.2, -0.15) is 0 Å². The summed E-state index contributed by atoms with van der Waals surface area (Å²) >= 11 is 0. The van der Waals surface area contributed by atoms with Crippen LogP contribution < -0.4 is 5.32 Å². The average molecular weight is 326 g/mol. The molecular formula is C19H22N2O3. The molecule has 2 rings (SSSR count). The third-order valence-corrected chi connectivity index (χ3v) is 4.31. The van der Waals surface area contributed by atoms with Crippen molar-refractivity contribution in [1.82, 2.24) is 5.32 Å². The molecule has 2 aromatic rings. The number of amides is 1. The van der Waals surface area contributed by atoms with Gasteiger partial charge < -0.3 is 5.32 Å². The summed E-state index contributed by atoms with van der Waals surface area (Å²) in [4.78, 5) is 23.1. The third kappa shape index (κ3) is 3.79. The van der Waals surface area contributed by atoms with Crippen molar-refractivity contribution >= 4 is 11.6 Å². The molecule has 2 aromatic carbocycles. The Balaban J connectivity index is 2.25. The Morgan fingerprint density at radius 1 is 1.08 bits per heavy atom. The van der Waals surface area contributed by atoms with Crippen molar-refractivity contribution in [2.45, 2.75) is 40.2 Å². The average Bonchev–Trinajstić information content (AvgIpc) is 2.55. The van der Waals surface area contributed by atoms with E-state index in [1.165, 1.54) is 17.2 Å². The topological polar surface area (TPSA) is 72.2 Å². The van der Waals surface area contributed by atoms with Crippen LogP contribution in [0, 0.1) is 30.9 Å². The number of nitro benzene ring substituents is 1. The molecule has 0 aromatic heterocycles. The molecule has 0 radical (unpaired) electrons. The van der Waals surface area contributed by atoms with Gasteiger partial charge in [-0.15, -0.1) is 0 Å². The van der Waals surface area contributed by atoms with Gasteiger partial charge in [-0.3, -0.25) is 14.9 Å². The Bertz CT molecular complexity index is 784. The summed E-state index contributed by atoms with van der Waals surface area (Å²) in [5.74, 6) is -0.303. The predicted molar refractivity (Wildman–Crippen MR) is 94.2 cm³/mol.